The molecule has 0 radical (unpaired) electrons. The van der Waals surface area contributed by atoms with Crippen LogP contribution in [-0.4, -0.2) is 28.4 Å². The maximum absolute atomic E-state index is 12.5. The molecule has 4 rings (SSSR count). The summed E-state index contributed by atoms with van der Waals surface area (Å²) >= 11 is 0. The van der Waals surface area contributed by atoms with Gasteiger partial charge in [-0.2, -0.15) is 0 Å². The lowest BCUT2D eigenvalue weighted by molar-refractivity contribution is -0.128. The molecule has 1 aliphatic rings. The lowest BCUT2D eigenvalue weighted by atomic mass is 10.1. The van der Waals surface area contributed by atoms with Crippen molar-refractivity contribution in [1.29, 1.82) is 0 Å². The average Bonchev–Trinajstić information content (AvgIpc) is 3.33. The number of anilines is 1. The monoisotopic (exact) mass is 361 g/mol. The van der Waals surface area contributed by atoms with Crippen LogP contribution in [0.5, 0.6) is 0 Å². The molecule has 1 fully saturated rings. The molecule has 0 unspecified atom stereocenters. The Kier molecular flexibility index (Phi) is 4.70. The molecule has 2 amide bonds. The van der Waals surface area contributed by atoms with E-state index in [1.54, 1.807) is 6.07 Å². The Morgan fingerprint density at radius 1 is 1.11 bits per heavy atom. The molecule has 1 aliphatic heterocycles. The van der Waals surface area contributed by atoms with Crippen molar-refractivity contribution in [2.75, 3.05) is 11.9 Å². The first kappa shape index (κ1) is 17.0. The van der Waals surface area contributed by atoms with Crippen LogP contribution >= 0.6 is 0 Å². The van der Waals surface area contributed by atoms with E-state index in [1.807, 2.05) is 59.5 Å². The largest absolute Gasteiger partial charge is 0.350 e. The Hall–Kier alpha value is -3.41. The highest BCUT2D eigenvalue weighted by molar-refractivity contribution is 6.02. The second-order valence-corrected chi connectivity index (χ2v) is 6.52. The molecule has 1 N–H and O–H groups in total. The zero-order valence-corrected chi connectivity index (χ0v) is 14.7. The fourth-order valence-corrected chi connectivity index (χ4v) is 3.16. The van der Waals surface area contributed by atoms with E-state index in [0.29, 0.717) is 24.3 Å². The summed E-state index contributed by atoms with van der Waals surface area (Å²) in [5.74, 6) is -0.0346. The highest BCUT2D eigenvalue weighted by Gasteiger charge is 2.20. The van der Waals surface area contributed by atoms with Crippen molar-refractivity contribution in [3.8, 4) is 11.3 Å². The second kappa shape index (κ2) is 7.45. The first-order valence-electron chi connectivity index (χ1n) is 8.89. The van der Waals surface area contributed by atoms with Gasteiger partial charge in [0.1, 0.15) is 5.69 Å². The van der Waals surface area contributed by atoms with Gasteiger partial charge < -0.3 is 14.7 Å². The normalized spacial score (nSPS) is 13.8. The van der Waals surface area contributed by atoms with Crippen molar-refractivity contribution in [1.82, 2.24) is 10.1 Å². The van der Waals surface area contributed by atoms with E-state index in [-0.39, 0.29) is 17.6 Å². The van der Waals surface area contributed by atoms with E-state index in [4.69, 9.17) is 4.52 Å². The third kappa shape index (κ3) is 3.89. The van der Waals surface area contributed by atoms with Gasteiger partial charge in [0.05, 0.1) is 0 Å². The van der Waals surface area contributed by atoms with Crippen LogP contribution in [0.1, 0.15) is 29.0 Å². The summed E-state index contributed by atoms with van der Waals surface area (Å²) in [5, 5.41) is 6.79. The molecule has 2 heterocycles. The van der Waals surface area contributed by atoms with Crippen LogP contribution in [-0.2, 0) is 11.3 Å². The van der Waals surface area contributed by atoms with Gasteiger partial charge in [-0.25, -0.2) is 0 Å². The molecule has 1 aromatic heterocycles. The molecule has 27 heavy (non-hydrogen) atoms. The Balaban J connectivity index is 1.44. The van der Waals surface area contributed by atoms with E-state index in [0.717, 1.165) is 24.1 Å². The fourth-order valence-electron chi connectivity index (χ4n) is 3.16. The molecular formula is C21H19N3O3. The van der Waals surface area contributed by atoms with Gasteiger partial charge in [-0.3, -0.25) is 9.59 Å². The van der Waals surface area contributed by atoms with E-state index >= 15 is 0 Å². The SMILES string of the molecule is O=C(Nc1cccc(CN2CCCC2=O)c1)c1cc(-c2ccccc2)no1. The number of benzene rings is 2. The number of rotatable bonds is 5. The van der Waals surface area contributed by atoms with Crippen LogP contribution < -0.4 is 5.32 Å². The number of likely N-dealkylation sites (tertiary alicyclic amines) is 1. The average molecular weight is 361 g/mol. The van der Waals surface area contributed by atoms with Crippen LogP contribution in [0.15, 0.2) is 65.2 Å². The molecule has 0 atom stereocenters. The van der Waals surface area contributed by atoms with E-state index < -0.39 is 0 Å². The molecule has 3 aromatic rings. The summed E-state index contributed by atoms with van der Waals surface area (Å²) in [6.07, 6.45) is 1.52. The maximum atomic E-state index is 12.5. The molecule has 2 aromatic carbocycles. The Morgan fingerprint density at radius 2 is 1.96 bits per heavy atom. The smallest absolute Gasteiger partial charge is 0.294 e. The molecule has 136 valence electrons. The summed E-state index contributed by atoms with van der Waals surface area (Å²) in [4.78, 5) is 26.1. The zero-order chi connectivity index (χ0) is 18.6. The third-order valence-electron chi connectivity index (χ3n) is 4.53. The molecule has 0 spiro atoms. The Morgan fingerprint density at radius 3 is 2.74 bits per heavy atom. The third-order valence-corrected chi connectivity index (χ3v) is 4.53. The van der Waals surface area contributed by atoms with Gasteiger partial charge in [0, 0.05) is 36.8 Å². The van der Waals surface area contributed by atoms with E-state index in [2.05, 4.69) is 10.5 Å². The van der Waals surface area contributed by atoms with Gasteiger partial charge >= 0.3 is 0 Å². The molecule has 0 aliphatic carbocycles. The lowest BCUT2D eigenvalue weighted by Gasteiger charge is -2.16. The Labute approximate surface area is 156 Å². The molecule has 0 saturated carbocycles. The number of hydrogen-bond acceptors (Lipinski definition) is 4. The quantitative estimate of drug-likeness (QED) is 0.751. The molecule has 6 nitrogen and oxygen atoms in total. The topological polar surface area (TPSA) is 75.4 Å². The van der Waals surface area contributed by atoms with E-state index in [9.17, 15) is 9.59 Å². The van der Waals surface area contributed by atoms with Gasteiger partial charge in [-0.15, -0.1) is 0 Å². The van der Waals surface area contributed by atoms with Gasteiger partial charge in [-0.1, -0.05) is 47.6 Å². The van der Waals surface area contributed by atoms with Gasteiger partial charge in [0.25, 0.3) is 5.91 Å². The fraction of sp³-hybridized carbons (Fsp3) is 0.190. The predicted octanol–water partition coefficient (Wildman–Crippen LogP) is 3.72. The van der Waals surface area contributed by atoms with Crippen LogP contribution in [0, 0.1) is 0 Å². The van der Waals surface area contributed by atoms with Gasteiger partial charge in [-0.05, 0) is 24.1 Å². The van der Waals surface area contributed by atoms with Crippen molar-refractivity contribution in [2.45, 2.75) is 19.4 Å². The summed E-state index contributed by atoms with van der Waals surface area (Å²) in [6, 6.07) is 18.6. The van der Waals surface area contributed by atoms with Crippen molar-refractivity contribution >= 4 is 17.5 Å². The number of carbonyl (C=O) groups excluding carboxylic acids is 2. The number of hydrogen-bond donors (Lipinski definition) is 1. The van der Waals surface area contributed by atoms with Gasteiger partial charge in [0.2, 0.25) is 11.7 Å². The number of amides is 2. The number of nitrogens with zero attached hydrogens (tertiary/aromatic N) is 2. The molecule has 1 saturated heterocycles. The second-order valence-electron chi connectivity index (χ2n) is 6.52. The Bertz CT molecular complexity index is 966. The number of carbonyl (C=O) groups is 2. The van der Waals surface area contributed by atoms with Crippen LogP contribution in [0.3, 0.4) is 0 Å². The first-order valence-corrected chi connectivity index (χ1v) is 8.89. The van der Waals surface area contributed by atoms with Crippen LogP contribution in [0.4, 0.5) is 5.69 Å². The van der Waals surface area contributed by atoms with Gasteiger partial charge in [0.15, 0.2) is 0 Å². The van der Waals surface area contributed by atoms with E-state index in [1.165, 1.54) is 0 Å². The van der Waals surface area contributed by atoms with Crippen molar-refractivity contribution in [2.24, 2.45) is 0 Å². The summed E-state index contributed by atoms with van der Waals surface area (Å²) in [6.45, 7) is 1.35. The summed E-state index contributed by atoms with van der Waals surface area (Å²) in [5.41, 5.74) is 3.13. The van der Waals surface area contributed by atoms with Crippen molar-refractivity contribution in [3.05, 3.63) is 72.0 Å². The molecule has 0 bridgehead atoms. The highest BCUT2D eigenvalue weighted by Crippen LogP contribution is 2.20. The van der Waals surface area contributed by atoms with Crippen LogP contribution in [0.2, 0.25) is 0 Å². The zero-order valence-electron chi connectivity index (χ0n) is 14.7. The van der Waals surface area contributed by atoms with Crippen molar-refractivity contribution < 1.29 is 14.1 Å². The molecular weight excluding hydrogens is 342 g/mol. The summed E-state index contributed by atoms with van der Waals surface area (Å²) in [7, 11) is 0. The predicted molar refractivity (Wildman–Crippen MR) is 101 cm³/mol. The number of nitrogens with one attached hydrogen (secondary N) is 1. The number of aromatic nitrogens is 1. The standard InChI is InChI=1S/C21H19N3O3/c25-20-10-5-11-24(20)14-15-6-4-9-17(12-15)22-21(26)19-13-18(23-27-19)16-7-2-1-3-8-16/h1-4,6-9,12-13H,5,10-11,14H2,(H,22,26). The minimum atomic E-state index is -0.362. The summed E-state index contributed by atoms with van der Waals surface area (Å²) < 4.78 is 5.19. The minimum absolute atomic E-state index is 0.147. The van der Waals surface area contributed by atoms with Crippen LogP contribution in [0.25, 0.3) is 11.3 Å². The highest BCUT2D eigenvalue weighted by atomic mass is 16.5. The van der Waals surface area contributed by atoms with Crippen molar-refractivity contribution in [3.63, 3.8) is 0 Å². The molecule has 6 heteroatoms. The maximum Gasteiger partial charge on any atom is 0.294 e. The minimum Gasteiger partial charge on any atom is -0.350 e. The first-order chi connectivity index (χ1) is 13.2. The lowest BCUT2D eigenvalue weighted by Crippen LogP contribution is -2.23.